The Morgan fingerprint density at radius 2 is 1.00 bits per heavy atom. The second kappa shape index (κ2) is 7.31. The summed E-state index contributed by atoms with van der Waals surface area (Å²) in [5.74, 6) is 6.74. The Balaban J connectivity index is 3.18. The van der Waals surface area contributed by atoms with Crippen LogP contribution in [-0.2, 0) is 0 Å². The summed E-state index contributed by atoms with van der Waals surface area (Å²) in [6.07, 6.45) is 0. The topological polar surface area (TPSA) is 6.48 Å². The van der Waals surface area contributed by atoms with Gasteiger partial charge in [0, 0.05) is 11.1 Å². The Bertz CT molecular complexity index is 581. The lowest BCUT2D eigenvalue weighted by Gasteiger charge is -2.23. The normalized spacial score (nSPS) is 11.7. The zero-order valence-electron chi connectivity index (χ0n) is 15.2. The number of rotatable bonds is 2. The minimum atomic E-state index is -1.64. The third kappa shape index (κ3) is 5.16. The van der Waals surface area contributed by atoms with Crippen LogP contribution in [0, 0.1) is 22.9 Å². The molecule has 0 aromatic heterocycles. The maximum Gasteiger partial charge on any atom is 0.204 e. The summed E-state index contributed by atoms with van der Waals surface area (Å²) >= 11 is 0. The minimum absolute atomic E-state index is 1.04. The van der Waals surface area contributed by atoms with E-state index in [1.54, 1.807) is 0 Å². The Labute approximate surface area is 138 Å². The average Bonchev–Trinajstić information content (AvgIpc) is 2.43. The molecule has 0 aliphatic carbocycles. The molecule has 1 aromatic rings. The van der Waals surface area contributed by atoms with Gasteiger partial charge in [0.15, 0.2) is 0 Å². The van der Waals surface area contributed by atoms with Gasteiger partial charge in [-0.15, -0.1) is 11.1 Å². The molecular formula is C18H28N2Si2. The van der Waals surface area contributed by atoms with Crippen molar-refractivity contribution in [2.24, 2.45) is 0 Å². The molecule has 0 atom stereocenters. The standard InChI is InChI=1S/C18H28N2Si2/c1-19(2)21(5,6)15-13-17-11-9-10-12-18(17)14-16-22(7,8)20(3)4/h9-12H,1-8H3. The average molecular weight is 329 g/mol. The van der Waals surface area contributed by atoms with Crippen molar-refractivity contribution in [1.29, 1.82) is 0 Å². The molecule has 118 valence electrons. The van der Waals surface area contributed by atoms with E-state index in [2.05, 4.69) is 98.6 Å². The molecule has 0 aliphatic rings. The molecular weight excluding hydrogens is 300 g/mol. The summed E-state index contributed by atoms with van der Waals surface area (Å²) in [4.78, 5) is 0. The zero-order valence-corrected chi connectivity index (χ0v) is 17.2. The van der Waals surface area contributed by atoms with Crippen molar-refractivity contribution in [1.82, 2.24) is 9.13 Å². The van der Waals surface area contributed by atoms with E-state index < -0.39 is 16.5 Å². The fourth-order valence-electron chi connectivity index (χ4n) is 1.37. The summed E-state index contributed by atoms with van der Waals surface area (Å²) in [5, 5.41) is 0. The lowest BCUT2D eigenvalue weighted by Crippen LogP contribution is -2.42. The third-order valence-corrected chi connectivity index (χ3v) is 10.1. The van der Waals surface area contributed by atoms with E-state index in [0.29, 0.717) is 0 Å². The highest BCUT2D eigenvalue weighted by Crippen LogP contribution is 2.09. The van der Waals surface area contributed by atoms with Gasteiger partial charge in [-0.05, 0) is 66.5 Å². The molecule has 0 fully saturated rings. The molecule has 22 heavy (non-hydrogen) atoms. The zero-order chi connectivity index (χ0) is 17.0. The van der Waals surface area contributed by atoms with Crippen LogP contribution in [0.3, 0.4) is 0 Å². The molecule has 0 bridgehead atoms. The van der Waals surface area contributed by atoms with Gasteiger partial charge in [0.1, 0.15) is 0 Å². The van der Waals surface area contributed by atoms with E-state index in [4.69, 9.17) is 0 Å². The highest BCUT2D eigenvalue weighted by atomic mass is 28.3. The van der Waals surface area contributed by atoms with Gasteiger partial charge in [-0.1, -0.05) is 24.0 Å². The van der Waals surface area contributed by atoms with Crippen molar-refractivity contribution in [3.05, 3.63) is 35.4 Å². The predicted octanol–water partition coefficient (Wildman–Crippen LogP) is 3.00. The lowest BCUT2D eigenvalue weighted by atomic mass is 10.1. The molecule has 0 saturated heterocycles. The van der Waals surface area contributed by atoms with Crippen LogP contribution in [0.1, 0.15) is 11.1 Å². The van der Waals surface area contributed by atoms with Crippen molar-refractivity contribution >= 4 is 16.5 Å². The van der Waals surface area contributed by atoms with E-state index in [0.717, 1.165) is 11.1 Å². The molecule has 4 heteroatoms. The van der Waals surface area contributed by atoms with E-state index in [1.807, 2.05) is 12.1 Å². The fraction of sp³-hybridized carbons (Fsp3) is 0.444. The molecule has 0 heterocycles. The first-order valence-corrected chi connectivity index (χ1v) is 13.5. The van der Waals surface area contributed by atoms with Gasteiger partial charge in [0.25, 0.3) is 0 Å². The van der Waals surface area contributed by atoms with Crippen LogP contribution in [0.4, 0.5) is 0 Å². The van der Waals surface area contributed by atoms with Crippen LogP contribution in [0.15, 0.2) is 24.3 Å². The molecule has 0 aliphatic heterocycles. The largest absolute Gasteiger partial charge is 0.320 e. The number of hydrogen-bond acceptors (Lipinski definition) is 2. The number of hydrogen-bond donors (Lipinski definition) is 0. The van der Waals surface area contributed by atoms with Crippen LogP contribution in [0.5, 0.6) is 0 Å². The van der Waals surface area contributed by atoms with Crippen molar-refractivity contribution in [3.63, 3.8) is 0 Å². The first-order chi connectivity index (χ1) is 10.1. The number of nitrogens with zero attached hydrogens (tertiary/aromatic N) is 2. The van der Waals surface area contributed by atoms with Crippen molar-refractivity contribution < 1.29 is 0 Å². The van der Waals surface area contributed by atoms with E-state index in [1.165, 1.54) is 0 Å². The predicted molar refractivity (Wildman–Crippen MR) is 103 cm³/mol. The van der Waals surface area contributed by atoms with Crippen molar-refractivity contribution in [3.8, 4) is 22.9 Å². The SMILES string of the molecule is CN(C)[Si](C)(C)C#Cc1ccccc1C#C[Si](C)(C)N(C)C. The maximum absolute atomic E-state index is 3.48. The summed E-state index contributed by atoms with van der Waals surface area (Å²) in [7, 11) is 5.16. The third-order valence-electron chi connectivity index (χ3n) is 4.17. The van der Waals surface area contributed by atoms with Gasteiger partial charge < -0.3 is 9.13 Å². The lowest BCUT2D eigenvalue weighted by molar-refractivity contribution is 0.635. The van der Waals surface area contributed by atoms with Crippen LogP contribution in [0.25, 0.3) is 0 Å². The van der Waals surface area contributed by atoms with Gasteiger partial charge in [-0.3, -0.25) is 0 Å². The molecule has 0 saturated carbocycles. The fourth-order valence-corrected chi connectivity index (χ4v) is 2.69. The minimum Gasteiger partial charge on any atom is -0.320 e. The van der Waals surface area contributed by atoms with Crippen LogP contribution < -0.4 is 0 Å². The van der Waals surface area contributed by atoms with E-state index in [-0.39, 0.29) is 0 Å². The van der Waals surface area contributed by atoms with Crippen LogP contribution in [-0.4, -0.2) is 53.8 Å². The first kappa shape index (κ1) is 18.7. The first-order valence-electron chi connectivity index (χ1n) is 7.56. The molecule has 2 nitrogen and oxygen atoms in total. The Morgan fingerprint density at radius 1 is 0.682 bits per heavy atom. The second-order valence-electron chi connectivity index (χ2n) is 6.95. The van der Waals surface area contributed by atoms with Crippen LogP contribution in [0.2, 0.25) is 26.2 Å². The summed E-state index contributed by atoms with van der Waals surface area (Å²) < 4.78 is 4.52. The molecule has 1 rings (SSSR count). The molecule has 0 N–H and O–H groups in total. The Morgan fingerprint density at radius 3 is 1.27 bits per heavy atom. The van der Waals surface area contributed by atoms with Crippen molar-refractivity contribution in [2.75, 3.05) is 28.2 Å². The van der Waals surface area contributed by atoms with Gasteiger partial charge in [0.05, 0.1) is 0 Å². The monoisotopic (exact) mass is 328 g/mol. The summed E-state index contributed by atoms with van der Waals surface area (Å²) in [5.41, 5.74) is 9.05. The summed E-state index contributed by atoms with van der Waals surface area (Å²) in [6, 6.07) is 8.21. The van der Waals surface area contributed by atoms with E-state index in [9.17, 15) is 0 Å². The molecule has 0 spiro atoms. The van der Waals surface area contributed by atoms with Crippen molar-refractivity contribution in [2.45, 2.75) is 26.2 Å². The molecule has 0 amide bonds. The highest BCUT2D eigenvalue weighted by Gasteiger charge is 2.21. The molecule has 0 unspecified atom stereocenters. The van der Waals surface area contributed by atoms with Gasteiger partial charge in [-0.25, -0.2) is 0 Å². The molecule has 0 radical (unpaired) electrons. The quantitative estimate of drug-likeness (QED) is 0.608. The maximum atomic E-state index is 3.48. The second-order valence-corrected chi connectivity index (χ2v) is 15.5. The van der Waals surface area contributed by atoms with Gasteiger partial charge in [0.2, 0.25) is 16.5 Å². The Kier molecular flexibility index (Phi) is 6.22. The smallest absolute Gasteiger partial charge is 0.204 e. The highest BCUT2D eigenvalue weighted by molar-refractivity contribution is 6.82. The number of benzene rings is 1. The van der Waals surface area contributed by atoms with Gasteiger partial charge >= 0.3 is 0 Å². The van der Waals surface area contributed by atoms with E-state index >= 15 is 0 Å². The summed E-state index contributed by atoms with van der Waals surface area (Å²) in [6.45, 7) is 9.04. The Hall–Kier alpha value is -1.31. The van der Waals surface area contributed by atoms with Gasteiger partial charge in [-0.2, -0.15) is 0 Å². The molecule has 1 aromatic carbocycles. The van der Waals surface area contributed by atoms with Crippen LogP contribution >= 0.6 is 0 Å².